The van der Waals surface area contributed by atoms with Gasteiger partial charge in [0, 0.05) is 17.4 Å². The minimum Gasteiger partial charge on any atom is -0.457 e. The first-order valence-corrected chi connectivity index (χ1v) is 9.17. The van der Waals surface area contributed by atoms with Crippen LogP contribution in [-0.2, 0) is 6.42 Å². The SMILES string of the molecule is CCCc1cccc(Oc2cccc(NC(=O)c3ccc(C)nc3C)c2)c1. The van der Waals surface area contributed by atoms with Crippen LogP contribution in [-0.4, -0.2) is 10.9 Å². The summed E-state index contributed by atoms with van der Waals surface area (Å²) < 4.78 is 5.97. The van der Waals surface area contributed by atoms with Crippen LogP contribution in [0.5, 0.6) is 11.5 Å². The summed E-state index contributed by atoms with van der Waals surface area (Å²) in [6, 6.07) is 19.1. The molecule has 4 heteroatoms. The molecule has 0 spiro atoms. The van der Waals surface area contributed by atoms with E-state index in [1.165, 1.54) is 5.56 Å². The highest BCUT2D eigenvalue weighted by atomic mass is 16.5. The number of benzene rings is 2. The zero-order valence-electron chi connectivity index (χ0n) is 16.0. The number of nitrogens with one attached hydrogen (secondary N) is 1. The minimum absolute atomic E-state index is 0.179. The van der Waals surface area contributed by atoms with Gasteiger partial charge in [0.05, 0.1) is 11.3 Å². The molecule has 0 aliphatic heterocycles. The Morgan fingerprint density at radius 2 is 1.74 bits per heavy atom. The average Bonchev–Trinajstić information content (AvgIpc) is 2.62. The van der Waals surface area contributed by atoms with Crippen LogP contribution in [0.4, 0.5) is 5.69 Å². The molecular formula is C23H24N2O2. The van der Waals surface area contributed by atoms with Gasteiger partial charge in [-0.2, -0.15) is 0 Å². The molecule has 0 bridgehead atoms. The number of ether oxygens (including phenoxy) is 1. The second kappa shape index (κ2) is 8.49. The molecule has 0 fully saturated rings. The summed E-state index contributed by atoms with van der Waals surface area (Å²) in [5, 5.41) is 2.92. The molecule has 0 unspecified atom stereocenters. The van der Waals surface area contributed by atoms with Crippen molar-refractivity contribution in [3.8, 4) is 11.5 Å². The van der Waals surface area contributed by atoms with Crippen LogP contribution in [0.3, 0.4) is 0 Å². The van der Waals surface area contributed by atoms with Crippen LogP contribution in [0.2, 0.25) is 0 Å². The van der Waals surface area contributed by atoms with Crippen molar-refractivity contribution in [1.29, 1.82) is 0 Å². The lowest BCUT2D eigenvalue weighted by atomic mass is 10.1. The lowest BCUT2D eigenvalue weighted by molar-refractivity contribution is 0.102. The largest absolute Gasteiger partial charge is 0.457 e. The van der Waals surface area contributed by atoms with E-state index in [0.29, 0.717) is 22.7 Å². The second-order valence-electron chi connectivity index (χ2n) is 6.57. The topological polar surface area (TPSA) is 51.2 Å². The number of aryl methyl sites for hydroxylation is 3. The van der Waals surface area contributed by atoms with E-state index in [1.807, 2.05) is 56.3 Å². The normalized spacial score (nSPS) is 10.5. The molecule has 3 aromatic rings. The van der Waals surface area contributed by atoms with Gasteiger partial charge in [0.1, 0.15) is 11.5 Å². The Morgan fingerprint density at radius 3 is 2.48 bits per heavy atom. The first kappa shape index (κ1) is 18.6. The fourth-order valence-corrected chi connectivity index (χ4v) is 2.95. The molecule has 1 amide bonds. The van der Waals surface area contributed by atoms with Crippen molar-refractivity contribution in [1.82, 2.24) is 4.98 Å². The van der Waals surface area contributed by atoms with E-state index >= 15 is 0 Å². The maximum Gasteiger partial charge on any atom is 0.257 e. The van der Waals surface area contributed by atoms with Crippen molar-refractivity contribution >= 4 is 11.6 Å². The number of hydrogen-bond acceptors (Lipinski definition) is 3. The number of carbonyl (C=O) groups excluding carboxylic acids is 1. The molecular weight excluding hydrogens is 336 g/mol. The van der Waals surface area contributed by atoms with Gasteiger partial charge in [0.25, 0.3) is 5.91 Å². The van der Waals surface area contributed by atoms with Crippen LogP contribution in [0.1, 0.15) is 40.7 Å². The predicted octanol–water partition coefficient (Wildman–Crippen LogP) is 5.70. The summed E-state index contributed by atoms with van der Waals surface area (Å²) in [7, 11) is 0. The molecule has 0 aliphatic rings. The molecule has 1 aromatic heterocycles. The van der Waals surface area contributed by atoms with Crippen molar-refractivity contribution in [2.75, 3.05) is 5.32 Å². The summed E-state index contributed by atoms with van der Waals surface area (Å²) in [5.41, 5.74) is 4.11. The standard InChI is InChI=1S/C23H24N2O2/c1-4-7-18-8-5-10-20(14-18)27-21-11-6-9-19(15-21)25-23(26)22-13-12-16(2)24-17(22)3/h5-6,8-15H,4,7H2,1-3H3,(H,25,26). The molecule has 3 rings (SSSR count). The Morgan fingerprint density at radius 1 is 1.00 bits per heavy atom. The van der Waals surface area contributed by atoms with E-state index in [2.05, 4.69) is 29.4 Å². The van der Waals surface area contributed by atoms with Gasteiger partial charge in [0.15, 0.2) is 0 Å². The third-order valence-electron chi connectivity index (χ3n) is 4.23. The maximum absolute atomic E-state index is 12.5. The third-order valence-corrected chi connectivity index (χ3v) is 4.23. The van der Waals surface area contributed by atoms with E-state index in [9.17, 15) is 4.79 Å². The zero-order valence-corrected chi connectivity index (χ0v) is 16.0. The van der Waals surface area contributed by atoms with E-state index in [-0.39, 0.29) is 5.91 Å². The van der Waals surface area contributed by atoms with Crippen molar-refractivity contribution in [2.45, 2.75) is 33.6 Å². The molecule has 0 saturated heterocycles. The minimum atomic E-state index is -0.179. The van der Waals surface area contributed by atoms with E-state index in [1.54, 1.807) is 6.07 Å². The first-order chi connectivity index (χ1) is 13.0. The Hall–Kier alpha value is -3.14. The summed E-state index contributed by atoms with van der Waals surface area (Å²) in [5.74, 6) is 1.30. The van der Waals surface area contributed by atoms with Gasteiger partial charge in [-0.05, 0) is 62.2 Å². The Bertz CT molecular complexity index is 951. The molecule has 2 aromatic carbocycles. The number of amides is 1. The van der Waals surface area contributed by atoms with Gasteiger partial charge < -0.3 is 10.1 Å². The molecule has 0 aliphatic carbocycles. The van der Waals surface area contributed by atoms with Crippen molar-refractivity contribution in [3.63, 3.8) is 0 Å². The smallest absolute Gasteiger partial charge is 0.257 e. The second-order valence-corrected chi connectivity index (χ2v) is 6.57. The number of pyridine rings is 1. The molecule has 1 heterocycles. The van der Waals surface area contributed by atoms with Crippen LogP contribution in [0, 0.1) is 13.8 Å². The fraction of sp³-hybridized carbons (Fsp3) is 0.217. The highest BCUT2D eigenvalue weighted by Gasteiger charge is 2.11. The molecule has 0 radical (unpaired) electrons. The lowest BCUT2D eigenvalue weighted by Crippen LogP contribution is -2.14. The van der Waals surface area contributed by atoms with Crippen molar-refractivity contribution in [2.24, 2.45) is 0 Å². The third kappa shape index (κ3) is 4.94. The highest BCUT2D eigenvalue weighted by Crippen LogP contribution is 2.25. The van der Waals surface area contributed by atoms with Gasteiger partial charge in [-0.3, -0.25) is 9.78 Å². The van der Waals surface area contributed by atoms with Gasteiger partial charge in [-0.15, -0.1) is 0 Å². The molecule has 0 saturated carbocycles. The molecule has 1 N–H and O–H groups in total. The van der Waals surface area contributed by atoms with Gasteiger partial charge in [-0.1, -0.05) is 31.5 Å². The van der Waals surface area contributed by atoms with E-state index in [4.69, 9.17) is 4.74 Å². The summed E-state index contributed by atoms with van der Waals surface area (Å²) in [4.78, 5) is 16.9. The number of hydrogen-bond donors (Lipinski definition) is 1. The van der Waals surface area contributed by atoms with E-state index < -0.39 is 0 Å². The maximum atomic E-state index is 12.5. The Labute approximate surface area is 160 Å². The summed E-state index contributed by atoms with van der Waals surface area (Å²) in [6.07, 6.45) is 2.12. The average molecular weight is 360 g/mol. The molecule has 4 nitrogen and oxygen atoms in total. The highest BCUT2D eigenvalue weighted by molar-refractivity contribution is 6.05. The number of aromatic nitrogens is 1. The van der Waals surface area contributed by atoms with E-state index in [0.717, 1.165) is 24.3 Å². The number of nitrogens with zero attached hydrogens (tertiary/aromatic N) is 1. The van der Waals surface area contributed by atoms with Crippen molar-refractivity contribution < 1.29 is 9.53 Å². The first-order valence-electron chi connectivity index (χ1n) is 9.17. The molecule has 138 valence electrons. The van der Waals surface area contributed by atoms with Gasteiger partial charge >= 0.3 is 0 Å². The summed E-state index contributed by atoms with van der Waals surface area (Å²) >= 11 is 0. The summed E-state index contributed by atoms with van der Waals surface area (Å²) in [6.45, 7) is 5.90. The van der Waals surface area contributed by atoms with Crippen LogP contribution < -0.4 is 10.1 Å². The quantitative estimate of drug-likeness (QED) is 0.614. The molecule has 0 atom stereocenters. The van der Waals surface area contributed by atoms with Gasteiger partial charge in [-0.25, -0.2) is 0 Å². The van der Waals surface area contributed by atoms with Crippen LogP contribution in [0.25, 0.3) is 0 Å². The Balaban J connectivity index is 1.73. The zero-order chi connectivity index (χ0) is 19.2. The fourth-order valence-electron chi connectivity index (χ4n) is 2.95. The number of rotatable bonds is 6. The monoisotopic (exact) mass is 360 g/mol. The number of anilines is 1. The van der Waals surface area contributed by atoms with Crippen LogP contribution >= 0.6 is 0 Å². The molecule has 27 heavy (non-hydrogen) atoms. The Kier molecular flexibility index (Phi) is 5.87. The predicted molar refractivity (Wildman–Crippen MR) is 109 cm³/mol. The van der Waals surface area contributed by atoms with Gasteiger partial charge in [0.2, 0.25) is 0 Å². The number of carbonyl (C=O) groups is 1. The van der Waals surface area contributed by atoms with Crippen molar-refractivity contribution in [3.05, 3.63) is 83.2 Å². The lowest BCUT2D eigenvalue weighted by Gasteiger charge is -2.11. The van der Waals surface area contributed by atoms with Crippen LogP contribution in [0.15, 0.2) is 60.7 Å².